The number of Topliss-reactive ketones (excluding diaryl/α,β-unsaturated/α-hetero) is 1. The molecule has 3 rings (SSSR count). The molecule has 1 N–H and O–H groups in total. The van der Waals surface area contributed by atoms with Gasteiger partial charge in [-0.05, 0) is 26.2 Å². The first-order valence-corrected chi connectivity index (χ1v) is 7.20. The molecule has 0 saturated carbocycles. The van der Waals surface area contributed by atoms with Gasteiger partial charge in [0.2, 0.25) is 0 Å². The fourth-order valence-electron chi connectivity index (χ4n) is 3.25. The minimum Gasteiger partial charge on any atom is -0.480 e. The van der Waals surface area contributed by atoms with Crippen LogP contribution in [-0.4, -0.2) is 40.3 Å². The number of likely N-dealkylation sites (tertiary alicyclic amines) is 1. The maximum Gasteiger partial charge on any atom is 0.326 e. The summed E-state index contributed by atoms with van der Waals surface area (Å²) >= 11 is 0. The number of rotatable bonds is 2. The van der Waals surface area contributed by atoms with Gasteiger partial charge in [0.05, 0.1) is 5.56 Å². The van der Waals surface area contributed by atoms with Crippen LogP contribution in [0.5, 0.6) is 0 Å². The van der Waals surface area contributed by atoms with Gasteiger partial charge in [0.15, 0.2) is 11.5 Å². The molecule has 1 aliphatic heterocycles. The average molecular weight is 291 g/mol. The number of furan rings is 1. The Kier molecular flexibility index (Phi) is 3.31. The van der Waals surface area contributed by atoms with Gasteiger partial charge in [0.25, 0.3) is 5.91 Å². The molecule has 1 unspecified atom stereocenters. The van der Waals surface area contributed by atoms with E-state index in [0.29, 0.717) is 49.1 Å². The van der Waals surface area contributed by atoms with Gasteiger partial charge >= 0.3 is 5.97 Å². The van der Waals surface area contributed by atoms with Gasteiger partial charge in [0, 0.05) is 24.9 Å². The predicted octanol–water partition coefficient (Wildman–Crippen LogP) is 1.80. The number of nitrogens with zero attached hydrogens (tertiary/aromatic N) is 1. The number of amides is 1. The Hall–Kier alpha value is -2.11. The number of carbonyl (C=O) groups excluding carboxylic acids is 2. The average Bonchev–Trinajstić information content (AvgIpc) is 3.04. The van der Waals surface area contributed by atoms with Gasteiger partial charge in [-0.2, -0.15) is 0 Å². The first-order chi connectivity index (χ1) is 10.0. The Morgan fingerprint density at radius 2 is 2.05 bits per heavy atom. The lowest BCUT2D eigenvalue weighted by atomic mass is 9.94. The van der Waals surface area contributed by atoms with E-state index in [1.165, 1.54) is 4.90 Å². The molecule has 6 heteroatoms. The molecule has 0 spiro atoms. The standard InChI is InChI=1S/C15H17NO5/c1-8-12-10(17)5-2-6-11(12)21-13(8)14(18)16-7-3-4-9(16)15(19)20/h9H,2-7H2,1H3,(H,19,20). The number of carboxylic acid groups (broad SMARTS) is 1. The summed E-state index contributed by atoms with van der Waals surface area (Å²) in [5.74, 6) is -0.708. The Morgan fingerprint density at radius 1 is 1.29 bits per heavy atom. The molecule has 1 amide bonds. The van der Waals surface area contributed by atoms with Crippen molar-refractivity contribution >= 4 is 17.7 Å². The van der Waals surface area contributed by atoms with E-state index < -0.39 is 17.9 Å². The van der Waals surface area contributed by atoms with E-state index in [9.17, 15) is 19.5 Å². The van der Waals surface area contributed by atoms with Gasteiger partial charge in [-0.25, -0.2) is 4.79 Å². The summed E-state index contributed by atoms with van der Waals surface area (Å²) in [5.41, 5.74) is 1.08. The normalized spacial score (nSPS) is 21.5. The topological polar surface area (TPSA) is 87.8 Å². The van der Waals surface area contributed by atoms with Crippen LogP contribution in [-0.2, 0) is 11.2 Å². The third-order valence-corrected chi connectivity index (χ3v) is 4.30. The first-order valence-electron chi connectivity index (χ1n) is 7.20. The minimum absolute atomic E-state index is 0.00718. The van der Waals surface area contributed by atoms with Crippen molar-refractivity contribution in [3.05, 3.63) is 22.6 Å². The summed E-state index contributed by atoms with van der Waals surface area (Å²) in [4.78, 5) is 37.1. The number of ketones is 1. The Morgan fingerprint density at radius 3 is 2.71 bits per heavy atom. The van der Waals surface area contributed by atoms with Gasteiger partial charge in [-0.15, -0.1) is 0 Å². The fraction of sp³-hybridized carbons (Fsp3) is 0.533. The van der Waals surface area contributed by atoms with E-state index in [1.807, 2.05) is 0 Å². The van der Waals surface area contributed by atoms with E-state index in [1.54, 1.807) is 6.92 Å². The highest BCUT2D eigenvalue weighted by Gasteiger charge is 2.38. The van der Waals surface area contributed by atoms with Crippen molar-refractivity contribution in [3.63, 3.8) is 0 Å². The quantitative estimate of drug-likeness (QED) is 0.897. The van der Waals surface area contributed by atoms with E-state index in [4.69, 9.17) is 4.42 Å². The first kappa shape index (κ1) is 13.9. The molecule has 2 heterocycles. The van der Waals surface area contributed by atoms with Gasteiger partial charge < -0.3 is 14.4 Å². The fourth-order valence-corrected chi connectivity index (χ4v) is 3.25. The predicted molar refractivity (Wildman–Crippen MR) is 72.4 cm³/mol. The lowest BCUT2D eigenvalue weighted by Crippen LogP contribution is -2.40. The van der Waals surface area contributed by atoms with E-state index in [0.717, 1.165) is 6.42 Å². The van der Waals surface area contributed by atoms with Crippen LogP contribution in [0.1, 0.15) is 57.9 Å². The number of carboxylic acids is 1. The summed E-state index contributed by atoms with van der Waals surface area (Å²) in [6, 6.07) is -0.797. The highest BCUT2D eigenvalue weighted by molar-refractivity contribution is 6.04. The second kappa shape index (κ2) is 5.02. The summed E-state index contributed by atoms with van der Waals surface area (Å²) in [7, 11) is 0. The van der Waals surface area contributed by atoms with Crippen LogP contribution in [0.3, 0.4) is 0 Å². The summed E-state index contributed by atoms with van der Waals surface area (Å²) in [6.07, 6.45) is 2.98. The Bertz CT molecular complexity index is 630. The van der Waals surface area contributed by atoms with Crippen LogP contribution in [0.15, 0.2) is 4.42 Å². The van der Waals surface area contributed by atoms with Crippen molar-refractivity contribution in [2.75, 3.05) is 6.54 Å². The lowest BCUT2D eigenvalue weighted by molar-refractivity contribution is -0.141. The van der Waals surface area contributed by atoms with E-state index in [-0.39, 0.29) is 11.5 Å². The van der Waals surface area contributed by atoms with E-state index in [2.05, 4.69) is 0 Å². The third-order valence-electron chi connectivity index (χ3n) is 4.30. The van der Waals surface area contributed by atoms with Crippen molar-refractivity contribution in [2.45, 2.75) is 45.1 Å². The summed E-state index contributed by atoms with van der Waals surface area (Å²) < 4.78 is 5.60. The van der Waals surface area contributed by atoms with Gasteiger partial charge in [-0.3, -0.25) is 9.59 Å². The number of aryl methyl sites for hydroxylation is 1. The van der Waals surface area contributed by atoms with Crippen LogP contribution in [0.4, 0.5) is 0 Å². The summed E-state index contributed by atoms with van der Waals surface area (Å²) in [6.45, 7) is 2.11. The molecule has 2 aliphatic rings. The molecule has 112 valence electrons. The minimum atomic E-state index is -0.995. The monoisotopic (exact) mass is 291 g/mol. The molecule has 21 heavy (non-hydrogen) atoms. The zero-order valence-electron chi connectivity index (χ0n) is 11.8. The number of carbonyl (C=O) groups is 3. The molecule has 1 atom stereocenters. The largest absolute Gasteiger partial charge is 0.480 e. The summed E-state index contributed by atoms with van der Waals surface area (Å²) in [5, 5.41) is 9.17. The molecule has 0 radical (unpaired) electrons. The lowest BCUT2D eigenvalue weighted by Gasteiger charge is -2.20. The van der Waals surface area contributed by atoms with Crippen LogP contribution in [0.2, 0.25) is 0 Å². The van der Waals surface area contributed by atoms with Crippen LogP contribution in [0, 0.1) is 6.92 Å². The molecule has 1 saturated heterocycles. The number of aliphatic carboxylic acids is 1. The molecule has 6 nitrogen and oxygen atoms in total. The van der Waals surface area contributed by atoms with Crippen LogP contribution < -0.4 is 0 Å². The second-order valence-electron chi connectivity index (χ2n) is 5.63. The van der Waals surface area contributed by atoms with Gasteiger partial charge in [0.1, 0.15) is 11.8 Å². The van der Waals surface area contributed by atoms with Crippen molar-refractivity contribution < 1.29 is 23.9 Å². The van der Waals surface area contributed by atoms with Crippen molar-refractivity contribution in [1.82, 2.24) is 4.90 Å². The Labute approximate surface area is 121 Å². The number of fused-ring (bicyclic) bond motifs is 1. The second-order valence-corrected chi connectivity index (χ2v) is 5.63. The molecule has 1 aromatic heterocycles. The van der Waals surface area contributed by atoms with Crippen molar-refractivity contribution in [1.29, 1.82) is 0 Å². The van der Waals surface area contributed by atoms with Crippen LogP contribution in [0.25, 0.3) is 0 Å². The maximum atomic E-state index is 12.6. The maximum absolute atomic E-state index is 12.6. The van der Waals surface area contributed by atoms with Gasteiger partial charge in [-0.1, -0.05) is 0 Å². The van der Waals surface area contributed by atoms with Crippen LogP contribution >= 0.6 is 0 Å². The zero-order chi connectivity index (χ0) is 15.1. The molecular weight excluding hydrogens is 274 g/mol. The zero-order valence-corrected chi connectivity index (χ0v) is 11.8. The van der Waals surface area contributed by atoms with Crippen molar-refractivity contribution in [2.24, 2.45) is 0 Å². The van der Waals surface area contributed by atoms with E-state index >= 15 is 0 Å². The molecule has 0 bridgehead atoms. The molecule has 0 aromatic carbocycles. The third kappa shape index (κ3) is 2.14. The molecular formula is C15H17NO5. The highest BCUT2D eigenvalue weighted by Crippen LogP contribution is 2.31. The molecule has 1 fully saturated rings. The molecule has 1 aliphatic carbocycles. The smallest absolute Gasteiger partial charge is 0.326 e. The van der Waals surface area contributed by atoms with Crippen molar-refractivity contribution in [3.8, 4) is 0 Å². The number of hydrogen-bond acceptors (Lipinski definition) is 4. The SMILES string of the molecule is Cc1c(C(=O)N2CCCC2C(=O)O)oc2c1C(=O)CCC2. The Balaban J connectivity index is 1.96. The highest BCUT2D eigenvalue weighted by atomic mass is 16.4. The number of hydrogen-bond donors (Lipinski definition) is 1. The molecule has 1 aromatic rings.